The van der Waals surface area contributed by atoms with Gasteiger partial charge >= 0.3 is 0 Å². The lowest BCUT2D eigenvalue weighted by molar-refractivity contribution is -0.122. The molecule has 0 aromatic heterocycles. The summed E-state index contributed by atoms with van der Waals surface area (Å²) in [5.74, 6) is 0.611. The number of hydrogen-bond acceptors (Lipinski definition) is 1. The number of halogens is 2. The number of alkyl halides is 2. The number of amides is 1. The van der Waals surface area contributed by atoms with Crippen LogP contribution < -0.4 is 5.32 Å². The Morgan fingerprint density at radius 1 is 1.33 bits per heavy atom. The molecule has 1 aromatic rings. The van der Waals surface area contributed by atoms with E-state index in [1.165, 1.54) is 11.1 Å². The van der Waals surface area contributed by atoms with Crippen molar-refractivity contribution in [2.24, 2.45) is 0 Å². The van der Waals surface area contributed by atoms with E-state index >= 15 is 0 Å². The van der Waals surface area contributed by atoms with Crippen molar-refractivity contribution in [1.29, 1.82) is 0 Å². The zero-order valence-electron chi connectivity index (χ0n) is 10.8. The minimum atomic E-state index is -0.521. The van der Waals surface area contributed by atoms with Crippen LogP contribution in [0.15, 0.2) is 24.3 Å². The van der Waals surface area contributed by atoms with Crippen molar-refractivity contribution in [3.05, 3.63) is 35.4 Å². The van der Waals surface area contributed by atoms with E-state index in [0.717, 1.165) is 6.42 Å². The van der Waals surface area contributed by atoms with E-state index in [9.17, 15) is 4.79 Å². The maximum atomic E-state index is 11.8. The Morgan fingerprint density at radius 2 is 2.00 bits per heavy atom. The molecule has 1 rings (SSSR count). The molecule has 1 N–H and O–H groups in total. The normalized spacial score (nSPS) is 11.3. The van der Waals surface area contributed by atoms with E-state index in [1.54, 1.807) is 0 Å². The van der Waals surface area contributed by atoms with Crippen LogP contribution in [0.5, 0.6) is 0 Å². The predicted octanol–water partition coefficient (Wildman–Crippen LogP) is 3.28. The first-order valence-corrected chi connectivity index (χ1v) is 7.04. The van der Waals surface area contributed by atoms with E-state index in [-0.39, 0.29) is 5.91 Å². The molecule has 0 saturated carbocycles. The molecule has 0 bridgehead atoms. The SMILES string of the molecule is Cc1cccc(CCC(=O)NC(C)(CCl)CCl)c1. The molecule has 0 atom stereocenters. The fourth-order valence-corrected chi connectivity index (χ4v) is 2.05. The summed E-state index contributed by atoms with van der Waals surface area (Å²) in [6.45, 7) is 3.89. The molecule has 1 amide bonds. The van der Waals surface area contributed by atoms with E-state index in [0.29, 0.717) is 18.2 Å². The summed E-state index contributed by atoms with van der Waals surface area (Å²) < 4.78 is 0. The number of carbonyl (C=O) groups is 1. The molecule has 0 aliphatic heterocycles. The molecule has 0 aliphatic rings. The van der Waals surface area contributed by atoms with Gasteiger partial charge in [0.05, 0.1) is 5.54 Å². The van der Waals surface area contributed by atoms with E-state index in [1.807, 2.05) is 32.0 Å². The summed E-state index contributed by atoms with van der Waals surface area (Å²) in [4.78, 5) is 11.8. The number of carbonyl (C=O) groups excluding carboxylic acids is 1. The Hall–Kier alpha value is -0.730. The second kappa shape index (κ2) is 7.01. The average Bonchev–Trinajstić information content (AvgIpc) is 2.36. The Morgan fingerprint density at radius 3 is 2.56 bits per heavy atom. The maximum absolute atomic E-state index is 11.8. The number of nitrogens with one attached hydrogen (secondary N) is 1. The van der Waals surface area contributed by atoms with Crippen molar-refractivity contribution in [3.8, 4) is 0 Å². The molecule has 0 spiro atoms. The molecule has 0 radical (unpaired) electrons. The summed E-state index contributed by atoms with van der Waals surface area (Å²) in [5, 5.41) is 2.87. The van der Waals surface area contributed by atoms with Crippen LogP contribution in [0.3, 0.4) is 0 Å². The molecule has 4 heteroatoms. The molecule has 0 fully saturated rings. The molecular formula is C14H19Cl2NO. The molecule has 0 aliphatic carbocycles. The lowest BCUT2D eigenvalue weighted by atomic mass is 10.1. The highest BCUT2D eigenvalue weighted by Crippen LogP contribution is 2.11. The van der Waals surface area contributed by atoms with Gasteiger partial charge in [0.25, 0.3) is 0 Å². The van der Waals surface area contributed by atoms with Gasteiger partial charge in [-0.05, 0) is 25.8 Å². The molecule has 1 aromatic carbocycles. The standard InChI is InChI=1S/C14H19Cl2NO/c1-11-4-3-5-12(8-11)6-7-13(18)17-14(2,9-15)10-16/h3-5,8H,6-7,9-10H2,1-2H3,(H,17,18). The minimum Gasteiger partial charge on any atom is -0.349 e. The Kier molecular flexibility index (Phi) is 5.97. The number of aryl methyl sites for hydroxylation is 2. The van der Waals surface area contributed by atoms with E-state index in [4.69, 9.17) is 23.2 Å². The number of hydrogen-bond donors (Lipinski definition) is 1. The monoisotopic (exact) mass is 287 g/mol. The first-order valence-electron chi connectivity index (χ1n) is 5.97. The highest BCUT2D eigenvalue weighted by molar-refractivity contribution is 6.22. The third kappa shape index (κ3) is 4.87. The van der Waals surface area contributed by atoms with Gasteiger partial charge in [0.15, 0.2) is 0 Å². The van der Waals surface area contributed by atoms with Crippen molar-refractivity contribution in [1.82, 2.24) is 5.32 Å². The summed E-state index contributed by atoms with van der Waals surface area (Å²) in [6.07, 6.45) is 1.18. The summed E-state index contributed by atoms with van der Waals surface area (Å²) in [7, 11) is 0. The van der Waals surface area contributed by atoms with Crippen molar-refractivity contribution in [3.63, 3.8) is 0 Å². The first-order chi connectivity index (χ1) is 8.49. The van der Waals surface area contributed by atoms with Gasteiger partial charge in [-0.1, -0.05) is 29.8 Å². The highest BCUT2D eigenvalue weighted by Gasteiger charge is 2.23. The van der Waals surface area contributed by atoms with Gasteiger partial charge in [0.2, 0.25) is 5.91 Å². The highest BCUT2D eigenvalue weighted by atomic mass is 35.5. The third-order valence-corrected chi connectivity index (χ3v) is 3.93. The Labute approximate surface area is 119 Å². The van der Waals surface area contributed by atoms with Gasteiger partial charge in [-0.2, -0.15) is 0 Å². The average molecular weight is 288 g/mol. The molecule has 0 heterocycles. The second-order valence-electron chi connectivity index (χ2n) is 4.87. The Balaban J connectivity index is 2.47. The number of rotatable bonds is 6. The lowest BCUT2D eigenvalue weighted by Crippen LogP contribution is -2.49. The smallest absolute Gasteiger partial charge is 0.220 e. The van der Waals surface area contributed by atoms with E-state index < -0.39 is 5.54 Å². The number of benzene rings is 1. The van der Waals surface area contributed by atoms with Gasteiger partial charge < -0.3 is 5.32 Å². The van der Waals surface area contributed by atoms with Crippen molar-refractivity contribution in [2.75, 3.05) is 11.8 Å². The second-order valence-corrected chi connectivity index (χ2v) is 5.40. The van der Waals surface area contributed by atoms with Crippen LogP contribution in [0.1, 0.15) is 24.5 Å². The van der Waals surface area contributed by atoms with Gasteiger partial charge in [0, 0.05) is 18.2 Å². The van der Waals surface area contributed by atoms with E-state index in [2.05, 4.69) is 11.4 Å². The van der Waals surface area contributed by atoms with Crippen molar-refractivity contribution in [2.45, 2.75) is 32.2 Å². The van der Waals surface area contributed by atoms with Crippen LogP contribution in [0.4, 0.5) is 0 Å². The fourth-order valence-electron chi connectivity index (χ4n) is 1.63. The van der Waals surface area contributed by atoms with Crippen LogP contribution in [0.2, 0.25) is 0 Å². The lowest BCUT2D eigenvalue weighted by Gasteiger charge is -2.25. The molecule has 100 valence electrons. The topological polar surface area (TPSA) is 29.1 Å². The van der Waals surface area contributed by atoms with Gasteiger partial charge in [-0.25, -0.2) is 0 Å². The van der Waals surface area contributed by atoms with Crippen molar-refractivity contribution < 1.29 is 4.79 Å². The molecule has 2 nitrogen and oxygen atoms in total. The van der Waals surface area contributed by atoms with Crippen molar-refractivity contribution >= 4 is 29.1 Å². The summed E-state index contributed by atoms with van der Waals surface area (Å²) in [6, 6.07) is 8.17. The fraction of sp³-hybridized carbons (Fsp3) is 0.500. The van der Waals surface area contributed by atoms with Crippen LogP contribution in [0, 0.1) is 6.92 Å². The molecule has 0 saturated heterocycles. The third-order valence-electron chi connectivity index (χ3n) is 2.75. The maximum Gasteiger partial charge on any atom is 0.220 e. The van der Waals surface area contributed by atoms with Crippen LogP contribution in [-0.4, -0.2) is 23.2 Å². The van der Waals surface area contributed by atoms with Crippen LogP contribution >= 0.6 is 23.2 Å². The quantitative estimate of drug-likeness (QED) is 0.800. The summed E-state index contributed by atoms with van der Waals surface area (Å²) >= 11 is 11.6. The zero-order valence-corrected chi connectivity index (χ0v) is 12.3. The van der Waals surface area contributed by atoms with Gasteiger partial charge in [-0.3, -0.25) is 4.79 Å². The molecular weight excluding hydrogens is 269 g/mol. The zero-order chi connectivity index (χ0) is 13.6. The molecule has 0 unspecified atom stereocenters. The van der Waals surface area contributed by atoms with Gasteiger partial charge in [-0.15, -0.1) is 23.2 Å². The predicted molar refractivity (Wildman–Crippen MR) is 77.5 cm³/mol. The van der Waals surface area contributed by atoms with Gasteiger partial charge in [0.1, 0.15) is 0 Å². The molecule has 18 heavy (non-hydrogen) atoms. The largest absolute Gasteiger partial charge is 0.349 e. The van der Waals surface area contributed by atoms with Crippen LogP contribution in [-0.2, 0) is 11.2 Å². The Bertz CT molecular complexity index is 403. The van der Waals surface area contributed by atoms with Crippen LogP contribution in [0.25, 0.3) is 0 Å². The first kappa shape index (κ1) is 15.3. The minimum absolute atomic E-state index is 0.0136. The summed E-state index contributed by atoms with van der Waals surface area (Å²) in [5.41, 5.74) is 1.86.